The summed E-state index contributed by atoms with van der Waals surface area (Å²) < 4.78 is 1.47. The molecule has 7 heteroatoms. The van der Waals surface area contributed by atoms with E-state index in [4.69, 9.17) is 5.26 Å². The Bertz CT molecular complexity index is 618. The van der Waals surface area contributed by atoms with Crippen molar-refractivity contribution in [3.05, 3.63) is 38.4 Å². The predicted octanol–water partition coefficient (Wildman–Crippen LogP) is 3.12. The molecular formula is C11H8Br2N4O. The Labute approximate surface area is 120 Å². The van der Waals surface area contributed by atoms with Gasteiger partial charge < -0.3 is 10.4 Å². The Kier molecular flexibility index (Phi) is 3.89. The molecule has 0 saturated carbocycles. The zero-order chi connectivity index (χ0) is 13.1. The lowest BCUT2D eigenvalue weighted by Gasteiger charge is -2.09. The molecule has 18 heavy (non-hydrogen) atoms. The van der Waals surface area contributed by atoms with Gasteiger partial charge in [0, 0.05) is 16.6 Å². The average Bonchev–Trinajstić information content (AvgIpc) is 2.79. The van der Waals surface area contributed by atoms with Crippen molar-refractivity contribution in [2.75, 3.05) is 5.32 Å². The van der Waals surface area contributed by atoms with Gasteiger partial charge in [-0.05, 0) is 28.1 Å². The maximum absolute atomic E-state index is 9.88. The standard InChI is InChI=1S/C11H8Br2N4O/c12-8-1-6(10(18)9(13)2-8)4-15-11-7(3-14)5-16-17-11/h1-2,5,18H,4H2,(H2,15,16,17). The second-order valence-electron chi connectivity index (χ2n) is 3.52. The molecular weight excluding hydrogens is 364 g/mol. The van der Waals surface area contributed by atoms with E-state index in [0.29, 0.717) is 28.0 Å². The molecule has 2 rings (SSSR count). The molecule has 0 saturated heterocycles. The van der Waals surface area contributed by atoms with Crippen molar-refractivity contribution < 1.29 is 5.11 Å². The molecule has 0 amide bonds. The third-order valence-electron chi connectivity index (χ3n) is 2.32. The highest BCUT2D eigenvalue weighted by atomic mass is 79.9. The SMILES string of the molecule is N#Cc1cn[nH]c1NCc1cc(Br)cc(Br)c1O. The average molecular weight is 372 g/mol. The summed E-state index contributed by atoms with van der Waals surface area (Å²) >= 11 is 6.62. The first-order valence-corrected chi connectivity index (χ1v) is 6.54. The van der Waals surface area contributed by atoms with Gasteiger partial charge in [-0.3, -0.25) is 5.10 Å². The maximum Gasteiger partial charge on any atom is 0.139 e. The van der Waals surface area contributed by atoms with Crippen LogP contribution in [0.15, 0.2) is 27.3 Å². The molecule has 2 aromatic rings. The first-order valence-electron chi connectivity index (χ1n) is 4.96. The zero-order valence-electron chi connectivity index (χ0n) is 9.04. The summed E-state index contributed by atoms with van der Waals surface area (Å²) in [6.07, 6.45) is 1.44. The van der Waals surface area contributed by atoms with Crippen molar-refractivity contribution in [2.24, 2.45) is 0 Å². The Morgan fingerprint density at radius 2 is 2.22 bits per heavy atom. The van der Waals surface area contributed by atoms with Gasteiger partial charge in [0.05, 0.1) is 10.7 Å². The summed E-state index contributed by atoms with van der Waals surface area (Å²) in [7, 11) is 0. The van der Waals surface area contributed by atoms with Crippen LogP contribution in [0.4, 0.5) is 5.82 Å². The molecule has 0 bridgehead atoms. The van der Waals surface area contributed by atoms with Gasteiger partial charge >= 0.3 is 0 Å². The highest BCUT2D eigenvalue weighted by molar-refractivity contribution is 9.11. The number of halogens is 2. The third-order valence-corrected chi connectivity index (χ3v) is 3.38. The molecule has 92 valence electrons. The Balaban J connectivity index is 2.19. The van der Waals surface area contributed by atoms with Crippen LogP contribution in [0.3, 0.4) is 0 Å². The largest absolute Gasteiger partial charge is 0.506 e. The number of phenols is 1. The molecule has 0 aliphatic rings. The fourth-order valence-electron chi connectivity index (χ4n) is 1.44. The number of hydrogen-bond acceptors (Lipinski definition) is 4. The maximum atomic E-state index is 9.88. The number of aromatic amines is 1. The van der Waals surface area contributed by atoms with Gasteiger partial charge in [0.1, 0.15) is 23.2 Å². The van der Waals surface area contributed by atoms with Crippen molar-refractivity contribution in [1.82, 2.24) is 10.2 Å². The number of hydrogen-bond donors (Lipinski definition) is 3. The summed E-state index contributed by atoms with van der Waals surface area (Å²) in [5, 5.41) is 28.2. The van der Waals surface area contributed by atoms with Crippen LogP contribution < -0.4 is 5.32 Å². The van der Waals surface area contributed by atoms with Crippen LogP contribution in [0.1, 0.15) is 11.1 Å². The van der Waals surface area contributed by atoms with Crippen LogP contribution in [-0.2, 0) is 6.54 Å². The summed E-state index contributed by atoms with van der Waals surface area (Å²) in [6, 6.07) is 5.57. The van der Waals surface area contributed by atoms with E-state index in [-0.39, 0.29) is 5.75 Å². The van der Waals surface area contributed by atoms with Gasteiger partial charge in [-0.25, -0.2) is 0 Å². The number of rotatable bonds is 3. The summed E-state index contributed by atoms with van der Waals surface area (Å²) in [5.74, 6) is 0.705. The smallest absolute Gasteiger partial charge is 0.139 e. The third kappa shape index (κ3) is 2.66. The lowest BCUT2D eigenvalue weighted by molar-refractivity contribution is 0.465. The van der Waals surface area contributed by atoms with Crippen molar-refractivity contribution in [3.63, 3.8) is 0 Å². The minimum Gasteiger partial charge on any atom is -0.506 e. The summed E-state index contributed by atoms with van der Waals surface area (Å²) in [5.41, 5.74) is 1.14. The van der Waals surface area contributed by atoms with Crippen LogP contribution in [0.5, 0.6) is 5.75 Å². The van der Waals surface area contributed by atoms with Crippen molar-refractivity contribution >= 4 is 37.7 Å². The fourth-order valence-corrected chi connectivity index (χ4v) is 2.76. The highest BCUT2D eigenvalue weighted by Crippen LogP contribution is 2.32. The normalized spacial score (nSPS) is 10.1. The molecule has 0 fully saturated rings. The van der Waals surface area contributed by atoms with E-state index in [1.54, 1.807) is 12.1 Å². The van der Waals surface area contributed by atoms with E-state index in [1.165, 1.54) is 6.20 Å². The number of phenolic OH excluding ortho intramolecular Hbond substituents is 1. The second kappa shape index (κ2) is 5.42. The first-order chi connectivity index (χ1) is 8.61. The van der Waals surface area contributed by atoms with Crippen LogP contribution in [0.2, 0.25) is 0 Å². The molecule has 1 aromatic heterocycles. The number of anilines is 1. The monoisotopic (exact) mass is 370 g/mol. The lowest BCUT2D eigenvalue weighted by Crippen LogP contribution is -2.01. The van der Waals surface area contributed by atoms with E-state index in [0.717, 1.165) is 4.47 Å². The summed E-state index contributed by atoms with van der Waals surface area (Å²) in [6.45, 7) is 0.376. The van der Waals surface area contributed by atoms with E-state index in [1.807, 2.05) is 6.07 Å². The molecule has 1 aromatic carbocycles. The molecule has 0 unspecified atom stereocenters. The number of benzene rings is 1. The Morgan fingerprint density at radius 3 is 2.94 bits per heavy atom. The zero-order valence-corrected chi connectivity index (χ0v) is 12.2. The molecule has 0 aliphatic carbocycles. The van der Waals surface area contributed by atoms with Crippen LogP contribution in [0.25, 0.3) is 0 Å². The second-order valence-corrected chi connectivity index (χ2v) is 5.29. The number of nitriles is 1. The van der Waals surface area contributed by atoms with Crippen LogP contribution >= 0.6 is 31.9 Å². The van der Waals surface area contributed by atoms with Gasteiger partial charge in [-0.1, -0.05) is 15.9 Å². The fraction of sp³-hybridized carbons (Fsp3) is 0.0909. The van der Waals surface area contributed by atoms with Crippen molar-refractivity contribution in [1.29, 1.82) is 5.26 Å². The number of aromatic hydroxyl groups is 1. The number of nitrogens with zero attached hydrogens (tertiary/aromatic N) is 2. The minimum atomic E-state index is 0.170. The first kappa shape index (κ1) is 12.9. The predicted molar refractivity (Wildman–Crippen MR) is 74.1 cm³/mol. The van der Waals surface area contributed by atoms with E-state index < -0.39 is 0 Å². The van der Waals surface area contributed by atoms with Gasteiger partial charge in [0.2, 0.25) is 0 Å². The topological polar surface area (TPSA) is 84.7 Å². The molecule has 0 radical (unpaired) electrons. The Hall–Kier alpha value is -1.52. The van der Waals surface area contributed by atoms with Crippen molar-refractivity contribution in [2.45, 2.75) is 6.54 Å². The Morgan fingerprint density at radius 1 is 1.44 bits per heavy atom. The van der Waals surface area contributed by atoms with Gasteiger partial charge in [0.25, 0.3) is 0 Å². The summed E-state index contributed by atoms with van der Waals surface area (Å²) in [4.78, 5) is 0. The lowest BCUT2D eigenvalue weighted by atomic mass is 10.2. The van der Waals surface area contributed by atoms with E-state index in [9.17, 15) is 5.11 Å². The van der Waals surface area contributed by atoms with Gasteiger partial charge in [-0.2, -0.15) is 10.4 Å². The van der Waals surface area contributed by atoms with Crippen LogP contribution in [-0.4, -0.2) is 15.3 Å². The molecule has 5 nitrogen and oxygen atoms in total. The molecule has 0 aliphatic heterocycles. The number of nitrogens with one attached hydrogen (secondary N) is 2. The molecule has 1 heterocycles. The number of H-pyrrole nitrogens is 1. The molecule has 0 atom stereocenters. The van der Waals surface area contributed by atoms with Crippen molar-refractivity contribution in [3.8, 4) is 11.8 Å². The van der Waals surface area contributed by atoms with Gasteiger partial charge in [0.15, 0.2) is 0 Å². The molecule has 0 spiro atoms. The highest BCUT2D eigenvalue weighted by Gasteiger charge is 2.09. The molecule has 3 N–H and O–H groups in total. The van der Waals surface area contributed by atoms with E-state index in [2.05, 4.69) is 47.4 Å². The number of aromatic nitrogens is 2. The minimum absolute atomic E-state index is 0.170. The van der Waals surface area contributed by atoms with E-state index >= 15 is 0 Å². The quantitative estimate of drug-likeness (QED) is 0.773. The van der Waals surface area contributed by atoms with Gasteiger partial charge in [-0.15, -0.1) is 0 Å². The van der Waals surface area contributed by atoms with Crippen LogP contribution in [0, 0.1) is 11.3 Å².